The molecule has 0 spiro atoms. The second-order valence-corrected chi connectivity index (χ2v) is 10.8. The smallest absolute Gasteiger partial charge is 0.191 e. The molecule has 0 radical (unpaired) electrons. The molecule has 0 aliphatic carbocycles. The zero-order valence-electron chi connectivity index (χ0n) is 11.5. The van der Waals surface area contributed by atoms with Crippen LogP contribution < -0.4 is 0 Å². The van der Waals surface area contributed by atoms with Crippen LogP contribution in [0.3, 0.4) is 0 Å². The maximum absolute atomic E-state index is 9.15. The first kappa shape index (κ1) is 15.9. The average Bonchev–Trinajstić information content (AvgIpc) is 2.14. The van der Waals surface area contributed by atoms with Crippen molar-refractivity contribution in [3.05, 3.63) is 12.7 Å². The van der Waals surface area contributed by atoms with E-state index in [1.165, 1.54) is 0 Å². The van der Waals surface area contributed by atoms with Crippen LogP contribution in [0.4, 0.5) is 0 Å². The molecule has 0 heterocycles. The lowest BCUT2D eigenvalue weighted by Crippen LogP contribution is -2.41. The molecule has 16 heavy (non-hydrogen) atoms. The molecule has 0 aromatic heterocycles. The molecule has 0 unspecified atom stereocenters. The molecule has 0 saturated carbocycles. The minimum atomic E-state index is -1.61. The summed E-state index contributed by atoms with van der Waals surface area (Å²) in [7, 11) is -1.61. The summed E-state index contributed by atoms with van der Waals surface area (Å²) in [5.41, 5.74) is 0. The van der Waals surface area contributed by atoms with Gasteiger partial charge in [0.2, 0.25) is 0 Å². The van der Waals surface area contributed by atoms with E-state index >= 15 is 0 Å². The average molecular weight is 244 g/mol. The lowest BCUT2D eigenvalue weighted by Gasteiger charge is -2.36. The summed E-state index contributed by atoms with van der Waals surface area (Å²) in [4.78, 5) is 0. The van der Waals surface area contributed by atoms with Crippen LogP contribution in [-0.4, -0.2) is 26.6 Å². The number of hydrogen-bond acceptors (Lipinski definition) is 2. The summed E-state index contributed by atoms with van der Waals surface area (Å²) in [5, 5.41) is 9.42. The summed E-state index contributed by atoms with van der Waals surface area (Å²) in [6, 6.07) is 0. The molecule has 0 amide bonds. The molecule has 0 fully saturated rings. The van der Waals surface area contributed by atoms with Crippen molar-refractivity contribution in [2.75, 3.05) is 13.2 Å². The van der Waals surface area contributed by atoms with Crippen molar-refractivity contribution < 1.29 is 9.53 Å². The fourth-order valence-electron chi connectivity index (χ4n) is 1.22. The van der Waals surface area contributed by atoms with E-state index in [1.54, 1.807) is 0 Å². The van der Waals surface area contributed by atoms with Gasteiger partial charge in [-0.1, -0.05) is 26.8 Å². The van der Waals surface area contributed by atoms with E-state index in [4.69, 9.17) is 9.53 Å². The molecular formula is C13H28O2Si. The Morgan fingerprint density at radius 2 is 1.94 bits per heavy atom. The Kier molecular flexibility index (Phi) is 6.52. The lowest BCUT2D eigenvalue weighted by molar-refractivity contribution is 0.186. The van der Waals surface area contributed by atoms with Gasteiger partial charge < -0.3 is 9.53 Å². The summed E-state index contributed by atoms with van der Waals surface area (Å²) in [6.45, 7) is 15.9. The number of aliphatic hydroxyl groups is 1. The first-order valence-corrected chi connectivity index (χ1v) is 9.01. The highest BCUT2D eigenvalue weighted by Gasteiger charge is 2.36. The third kappa shape index (κ3) is 5.28. The van der Waals surface area contributed by atoms with Gasteiger partial charge in [0.15, 0.2) is 8.32 Å². The van der Waals surface area contributed by atoms with Crippen molar-refractivity contribution in [2.45, 2.75) is 51.7 Å². The largest absolute Gasteiger partial charge is 0.417 e. The molecule has 0 aliphatic heterocycles. The lowest BCUT2D eigenvalue weighted by atomic mass is 10.0. The van der Waals surface area contributed by atoms with Crippen LogP contribution in [0.5, 0.6) is 0 Å². The van der Waals surface area contributed by atoms with Crippen LogP contribution in [0, 0.1) is 5.92 Å². The van der Waals surface area contributed by atoms with Gasteiger partial charge in [0.25, 0.3) is 0 Å². The molecule has 3 heteroatoms. The molecule has 1 N–H and O–H groups in total. The molecule has 1 atom stereocenters. The van der Waals surface area contributed by atoms with Crippen LogP contribution in [0.15, 0.2) is 12.7 Å². The van der Waals surface area contributed by atoms with Crippen molar-refractivity contribution in [3.8, 4) is 0 Å². The highest BCUT2D eigenvalue weighted by molar-refractivity contribution is 6.74. The predicted octanol–water partition coefficient (Wildman–Crippen LogP) is 3.58. The van der Waals surface area contributed by atoms with E-state index < -0.39 is 8.32 Å². The number of allylic oxidation sites excluding steroid dienone is 1. The van der Waals surface area contributed by atoms with Crippen LogP contribution in [0.2, 0.25) is 18.1 Å². The molecule has 0 saturated heterocycles. The van der Waals surface area contributed by atoms with Gasteiger partial charge in [-0.25, -0.2) is 0 Å². The standard InChI is InChI=1S/C13H28O2Si/c1-7-8-12(11-14)9-10-15-16(5,6)13(2,3)4/h7,12,14H,1,8-11H2,2-6H3/t12-/m1/s1. The van der Waals surface area contributed by atoms with E-state index in [0.29, 0.717) is 5.92 Å². The van der Waals surface area contributed by atoms with Gasteiger partial charge in [0.05, 0.1) is 0 Å². The fraction of sp³-hybridized carbons (Fsp3) is 0.846. The second-order valence-electron chi connectivity index (χ2n) is 5.97. The normalized spacial score (nSPS) is 14.9. The minimum absolute atomic E-state index is 0.229. The van der Waals surface area contributed by atoms with Gasteiger partial charge in [-0.15, -0.1) is 6.58 Å². The van der Waals surface area contributed by atoms with Gasteiger partial charge in [-0.05, 0) is 36.9 Å². The van der Waals surface area contributed by atoms with Crippen molar-refractivity contribution in [2.24, 2.45) is 5.92 Å². The topological polar surface area (TPSA) is 29.5 Å². The van der Waals surface area contributed by atoms with Gasteiger partial charge in [0.1, 0.15) is 0 Å². The third-order valence-electron chi connectivity index (χ3n) is 3.55. The molecule has 96 valence electrons. The Labute approximate surface area is 102 Å². The van der Waals surface area contributed by atoms with Gasteiger partial charge in [-0.3, -0.25) is 0 Å². The van der Waals surface area contributed by atoms with Gasteiger partial charge >= 0.3 is 0 Å². The SMILES string of the molecule is C=CC[C@@H](CO)CCO[Si](C)(C)C(C)(C)C. The maximum atomic E-state index is 9.15. The predicted molar refractivity (Wildman–Crippen MR) is 73.2 cm³/mol. The van der Waals surface area contributed by atoms with Crippen LogP contribution in [-0.2, 0) is 4.43 Å². The first-order valence-electron chi connectivity index (χ1n) is 6.10. The van der Waals surface area contributed by atoms with E-state index in [2.05, 4.69) is 40.4 Å². The van der Waals surface area contributed by atoms with Crippen LogP contribution >= 0.6 is 0 Å². The Bertz CT molecular complexity index is 206. The molecule has 0 aromatic carbocycles. The summed E-state index contributed by atoms with van der Waals surface area (Å²) in [6.07, 6.45) is 3.67. The van der Waals surface area contributed by atoms with Crippen molar-refractivity contribution in [1.82, 2.24) is 0 Å². The second kappa shape index (κ2) is 6.57. The minimum Gasteiger partial charge on any atom is -0.417 e. The number of hydrogen-bond donors (Lipinski definition) is 1. The van der Waals surface area contributed by atoms with Crippen molar-refractivity contribution in [3.63, 3.8) is 0 Å². The highest BCUT2D eigenvalue weighted by Crippen LogP contribution is 2.36. The Balaban J connectivity index is 4.01. The molecule has 0 rings (SSSR count). The molecule has 0 bridgehead atoms. The Morgan fingerprint density at radius 3 is 2.31 bits per heavy atom. The monoisotopic (exact) mass is 244 g/mol. The number of aliphatic hydroxyl groups excluding tert-OH is 1. The van der Waals surface area contributed by atoms with E-state index in [1.807, 2.05) is 6.08 Å². The zero-order chi connectivity index (χ0) is 12.8. The van der Waals surface area contributed by atoms with Crippen LogP contribution in [0.25, 0.3) is 0 Å². The number of rotatable bonds is 7. The summed E-state index contributed by atoms with van der Waals surface area (Å²) >= 11 is 0. The summed E-state index contributed by atoms with van der Waals surface area (Å²) < 4.78 is 6.07. The Hall–Kier alpha value is -0.123. The Morgan fingerprint density at radius 1 is 1.38 bits per heavy atom. The van der Waals surface area contributed by atoms with E-state index in [-0.39, 0.29) is 11.6 Å². The zero-order valence-corrected chi connectivity index (χ0v) is 12.5. The maximum Gasteiger partial charge on any atom is 0.191 e. The molecule has 0 aromatic rings. The van der Waals surface area contributed by atoms with Gasteiger partial charge in [-0.2, -0.15) is 0 Å². The third-order valence-corrected chi connectivity index (χ3v) is 8.09. The van der Waals surface area contributed by atoms with E-state index in [9.17, 15) is 0 Å². The first-order chi connectivity index (χ1) is 7.24. The van der Waals surface area contributed by atoms with Crippen molar-refractivity contribution >= 4 is 8.32 Å². The van der Waals surface area contributed by atoms with Crippen molar-refractivity contribution in [1.29, 1.82) is 0 Å². The quantitative estimate of drug-likeness (QED) is 0.548. The highest BCUT2D eigenvalue weighted by atomic mass is 28.4. The van der Waals surface area contributed by atoms with Gasteiger partial charge in [0, 0.05) is 13.2 Å². The van der Waals surface area contributed by atoms with Crippen LogP contribution in [0.1, 0.15) is 33.6 Å². The molecule has 0 aliphatic rings. The summed E-state index contributed by atoms with van der Waals surface area (Å²) in [5.74, 6) is 0.308. The molecular weight excluding hydrogens is 216 g/mol. The molecule has 2 nitrogen and oxygen atoms in total. The fourth-order valence-corrected chi connectivity index (χ4v) is 2.28. The van der Waals surface area contributed by atoms with E-state index in [0.717, 1.165) is 19.4 Å².